The summed E-state index contributed by atoms with van der Waals surface area (Å²) in [6.07, 6.45) is 9.51. The molecule has 26 heavy (non-hydrogen) atoms. The molecule has 130 valence electrons. The quantitative estimate of drug-likeness (QED) is 0.568. The summed E-state index contributed by atoms with van der Waals surface area (Å²) in [5, 5.41) is 0. The molecule has 5 heteroatoms. The number of imidazole rings is 2. The maximum atomic E-state index is 4.69. The van der Waals surface area contributed by atoms with Gasteiger partial charge in [0, 0.05) is 36.4 Å². The molecule has 0 atom stereocenters. The van der Waals surface area contributed by atoms with E-state index in [1.165, 1.54) is 5.56 Å². The van der Waals surface area contributed by atoms with Crippen LogP contribution in [0.1, 0.15) is 17.7 Å². The first-order chi connectivity index (χ1) is 12.8. The van der Waals surface area contributed by atoms with Crippen LogP contribution >= 0.6 is 0 Å². The minimum atomic E-state index is 0.864. The summed E-state index contributed by atoms with van der Waals surface area (Å²) in [5.41, 5.74) is 5.45. The van der Waals surface area contributed by atoms with Crippen molar-refractivity contribution in [1.29, 1.82) is 0 Å². The third-order valence-corrected chi connectivity index (χ3v) is 4.43. The topological polar surface area (TPSA) is 59.4 Å². The van der Waals surface area contributed by atoms with Crippen molar-refractivity contribution in [2.75, 3.05) is 0 Å². The highest BCUT2D eigenvalue weighted by atomic mass is 15.1. The number of nitrogens with zero attached hydrogens (tertiary/aromatic N) is 4. The van der Waals surface area contributed by atoms with Gasteiger partial charge in [-0.15, -0.1) is 0 Å². The Balaban J connectivity index is 1.63. The van der Waals surface area contributed by atoms with E-state index >= 15 is 0 Å². The summed E-state index contributed by atoms with van der Waals surface area (Å²) >= 11 is 0. The molecule has 0 saturated heterocycles. The van der Waals surface area contributed by atoms with Crippen LogP contribution in [0.15, 0.2) is 67.4 Å². The van der Waals surface area contributed by atoms with Gasteiger partial charge in [0.05, 0.1) is 12.0 Å². The smallest absolute Gasteiger partial charge is 0.156 e. The Bertz CT molecular complexity index is 970. The zero-order valence-corrected chi connectivity index (χ0v) is 14.8. The number of aromatic nitrogens is 5. The zero-order valence-electron chi connectivity index (χ0n) is 14.8. The van der Waals surface area contributed by atoms with Gasteiger partial charge in [-0.2, -0.15) is 0 Å². The van der Waals surface area contributed by atoms with Gasteiger partial charge in [0.15, 0.2) is 5.82 Å². The summed E-state index contributed by atoms with van der Waals surface area (Å²) in [4.78, 5) is 16.7. The van der Waals surface area contributed by atoms with Gasteiger partial charge in [-0.3, -0.25) is 4.98 Å². The second-order valence-corrected chi connectivity index (χ2v) is 6.38. The van der Waals surface area contributed by atoms with Crippen LogP contribution in [-0.2, 0) is 13.0 Å². The fraction of sp³-hybridized carbons (Fsp3) is 0.190. The molecule has 0 aliphatic heterocycles. The van der Waals surface area contributed by atoms with Crippen molar-refractivity contribution < 1.29 is 0 Å². The summed E-state index contributed by atoms with van der Waals surface area (Å²) in [5.74, 6) is 0.864. The first-order valence-electron chi connectivity index (χ1n) is 8.82. The largest absolute Gasteiger partial charge is 0.341 e. The van der Waals surface area contributed by atoms with E-state index in [-0.39, 0.29) is 0 Å². The Morgan fingerprint density at radius 1 is 1.00 bits per heavy atom. The fourth-order valence-corrected chi connectivity index (χ4v) is 3.14. The van der Waals surface area contributed by atoms with Gasteiger partial charge in [-0.25, -0.2) is 9.97 Å². The second kappa shape index (κ2) is 7.35. The lowest BCUT2D eigenvalue weighted by molar-refractivity contribution is 0.645. The van der Waals surface area contributed by atoms with Crippen LogP contribution in [0.4, 0.5) is 0 Å². The van der Waals surface area contributed by atoms with Crippen LogP contribution in [-0.4, -0.2) is 24.5 Å². The van der Waals surface area contributed by atoms with E-state index in [9.17, 15) is 0 Å². The predicted molar refractivity (Wildman–Crippen MR) is 103 cm³/mol. The molecule has 0 aliphatic carbocycles. The third kappa shape index (κ3) is 3.42. The third-order valence-electron chi connectivity index (χ3n) is 4.43. The molecule has 3 aromatic heterocycles. The Hall–Kier alpha value is -3.21. The molecule has 0 spiro atoms. The van der Waals surface area contributed by atoms with Crippen molar-refractivity contribution in [3.8, 4) is 22.8 Å². The van der Waals surface area contributed by atoms with Crippen molar-refractivity contribution >= 4 is 0 Å². The molecule has 0 amide bonds. The maximum Gasteiger partial charge on any atom is 0.156 e. The molecule has 0 radical (unpaired) electrons. The maximum absolute atomic E-state index is 4.69. The van der Waals surface area contributed by atoms with E-state index < -0.39 is 0 Å². The van der Waals surface area contributed by atoms with E-state index in [0.29, 0.717) is 0 Å². The minimum Gasteiger partial charge on any atom is -0.341 e. The number of aromatic amines is 1. The molecule has 4 rings (SSSR count). The molecule has 0 unspecified atom stereocenters. The average Bonchev–Trinajstić information content (AvgIpc) is 3.29. The molecule has 3 heterocycles. The number of benzene rings is 1. The second-order valence-electron chi connectivity index (χ2n) is 6.38. The number of hydrogen-bond donors (Lipinski definition) is 1. The van der Waals surface area contributed by atoms with Crippen molar-refractivity contribution in [1.82, 2.24) is 24.5 Å². The minimum absolute atomic E-state index is 0.864. The van der Waals surface area contributed by atoms with Crippen LogP contribution in [0.3, 0.4) is 0 Å². The van der Waals surface area contributed by atoms with Crippen LogP contribution in [0, 0.1) is 6.92 Å². The zero-order chi connectivity index (χ0) is 17.8. The van der Waals surface area contributed by atoms with E-state index in [0.717, 1.165) is 47.9 Å². The molecule has 0 bridgehead atoms. The Morgan fingerprint density at radius 3 is 2.54 bits per heavy atom. The molecule has 0 aliphatic rings. The molecular weight excluding hydrogens is 322 g/mol. The lowest BCUT2D eigenvalue weighted by Gasteiger charge is -2.09. The SMILES string of the molecule is Cc1cnc(-c2c(-c3ccccc3)ncn2CCCc2ccncc2)[nH]1. The monoisotopic (exact) mass is 343 g/mol. The number of nitrogens with one attached hydrogen (secondary N) is 1. The van der Waals surface area contributed by atoms with E-state index in [1.54, 1.807) is 0 Å². The lowest BCUT2D eigenvalue weighted by atomic mass is 10.1. The molecule has 5 nitrogen and oxygen atoms in total. The highest BCUT2D eigenvalue weighted by molar-refractivity contribution is 5.75. The molecule has 0 saturated carbocycles. The van der Waals surface area contributed by atoms with Crippen LogP contribution < -0.4 is 0 Å². The van der Waals surface area contributed by atoms with Crippen LogP contribution in [0.2, 0.25) is 0 Å². The molecule has 1 N–H and O–H groups in total. The van der Waals surface area contributed by atoms with Gasteiger partial charge in [0.2, 0.25) is 0 Å². The number of H-pyrrole nitrogens is 1. The van der Waals surface area contributed by atoms with E-state index in [1.807, 2.05) is 50.0 Å². The van der Waals surface area contributed by atoms with Gasteiger partial charge in [0.1, 0.15) is 5.69 Å². The Morgan fingerprint density at radius 2 is 1.81 bits per heavy atom. The van der Waals surface area contributed by atoms with E-state index in [4.69, 9.17) is 4.98 Å². The first kappa shape index (κ1) is 16.3. The molecular formula is C21H21N5. The predicted octanol–water partition coefficient (Wildman–Crippen LogP) is 4.28. The number of rotatable bonds is 6. The van der Waals surface area contributed by atoms with Crippen LogP contribution in [0.5, 0.6) is 0 Å². The summed E-state index contributed by atoms with van der Waals surface area (Å²) in [6, 6.07) is 14.4. The van der Waals surface area contributed by atoms with Crippen molar-refractivity contribution in [3.63, 3.8) is 0 Å². The normalized spacial score (nSPS) is 11.0. The highest BCUT2D eigenvalue weighted by Crippen LogP contribution is 2.29. The lowest BCUT2D eigenvalue weighted by Crippen LogP contribution is -2.02. The summed E-state index contributed by atoms with van der Waals surface area (Å²) in [6.45, 7) is 2.90. The van der Waals surface area contributed by atoms with Crippen molar-refractivity contribution in [2.24, 2.45) is 0 Å². The molecule has 1 aromatic carbocycles. The number of aryl methyl sites for hydroxylation is 3. The van der Waals surface area contributed by atoms with Gasteiger partial charge in [-0.05, 0) is 37.5 Å². The van der Waals surface area contributed by atoms with Crippen LogP contribution in [0.25, 0.3) is 22.8 Å². The van der Waals surface area contributed by atoms with Gasteiger partial charge in [-0.1, -0.05) is 30.3 Å². The summed E-state index contributed by atoms with van der Waals surface area (Å²) in [7, 11) is 0. The van der Waals surface area contributed by atoms with Gasteiger partial charge < -0.3 is 9.55 Å². The number of hydrogen-bond acceptors (Lipinski definition) is 3. The summed E-state index contributed by atoms with van der Waals surface area (Å²) < 4.78 is 2.20. The van der Waals surface area contributed by atoms with Crippen molar-refractivity contribution in [2.45, 2.75) is 26.3 Å². The first-order valence-corrected chi connectivity index (χ1v) is 8.82. The average molecular weight is 343 g/mol. The highest BCUT2D eigenvalue weighted by Gasteiger charge is 2.17. The van der Waals surface area contributed by atoms with Gasteiger partial charge in [0.25, 0.3) is 0 Å². The number of pyridine rings is 1. The van der Waals surface area contributed by atoms with Gasteiger partial charge >= 0.3 is 0 Å². The molecule has 0 fully saturated rings. The fourth-order valence-electron chi connectivity index (χ4n) is 3.14. The standard InChI is InChI=1S/C21H21N5/c1-16-14-23-21(25-16)20-19(18-7-3-2-4-8-18)24-15-26(20)13-5-6-17-9-11-22-12-10-17/h2-4,7-12,14-15H,5-6,13H2,1H3,(H,23,25). The van der Waals surface area contributed by atoms with E-state index in [2.05, 4.69) is 43.8 Å². The molecule has 4 aromatic rings. The Labute approximate surface area is 152 Å². The van der Waals surface area contributed by atoms with Crippen molar-refractivity contribution in [3.05, 3.63) is 78.6 Å². The Kier molecular flexibility index (Phi) is 4.60.